The fourth-order valence-corrected chi connectivity index (χ4v) is 0.887. The van der Waals surface area contributed by atoms with E-state index in [9.17, 15) is 18.0 Å². The van der Waals surface area contributed by atoms with Crippen LogP contribution in [0.15, 0.2) is 0 Å². The van der Waals surface area contributed by atoms with Crippen molar-refractivity contribution in [3.05, 3.63) is 0 Å². The fraction of sp³-hybridized carbons (Fsp3) is 0.889. The SMILES string of the molecule is CCC(Cl)CNC(=O)CCOCC(F)(F)F. The standard InChI is InChI=1S/C9H15ClF3NO2/c1-2-7(10)5-14-8(15)3-4-16-6-9(11,12)13/h7H,2-6H2,1H3,(H,14,15). The number of hydrogen-bond donors (Lipinski definition) is 1. The summed E-state index contributed by atoms with van der Waals surface area (Å²) in [5, 5.41) is 2.35. The van der Waals surface area contributed by atoms with Gasteiger partial charge < -0.3 is 10.1 Å². The normalized spacial score (nSPS) is 13.6. The van der Waals surface area contributed by atoms with Crippen LogP contribution in [0.5, 0.6) is 0 Å². The van der Waals surface area contributed by atoms with Gasteiger partial charge in [-0.15, -0.1) is 11.6 Å². The smallest absolute Gasteiger partial charge is 0.372 e. The molecule has 96 valence electrons. The predicted molar refractivity (Wildman–Crippen MR) is 54.4 cm³/mol. The number of halogens is 4. The highest BCUT2D eigenvalue weighted by molar-refractivity contribution is 6.20. The molecule has 0 rings (SSSR count). The van der Waals surface area contributed by atoms with Gasteiger partial charge in [0, 0.05) is 13.0 Å². The summed E-state index contributed by atoms with van der Waals surface area (Å²) >= 11 is 5.74. The van der Waals surface area contributed by atoms with E-state index in [1.165, 1.54) is 0 Å². The van der Waals surface area contributed by atoms with Crippen molar-refractivity contribution in [1.82, 2.24) is 5.32 Å². The summed E-state index contributed by atoms with van der Waals surface area (Å²) in [5.74, 6) is -0.360. The van der Waals surface area contributed by atoms with Gasteiger partial charge >= 0.3 is 6.18 Å². The minimum absolute atomic E-state index is 0.0938. The average molecular weight is 262 g/mol. The molecule has 1 amide bonds. The summed E-state index contributed by atoms with van der Waals surface area (Å²) in [6, 6.07) is 0. The van der Waals surface area contributed by atoms with E-state index in [1.54, 1.807) is 0 Å². The van der Waals surface area contributed by atoms with Crippen LogP contribution < -0.4 is 5.32 Å². The molecular formula is C9H15ClF3NO2. The van der Waals surface area contributed by atoms with Crippen molar-refractivity contribution in [3.63, 3.8) is 0 Å². The van der Waals surface area contributed by atoms with Crippen LogP contribution in [0, 0.1) is 0 Å². The summed E-state index contributed by atoms with van der Waals surface area (Å²) in [6.45, 7) is 0.615. The van der Waals surface area contributed by atoms with Crippen molar-refractivity contribution >= 4 is 17.5 Å². The number of hydrogen-bond acceptors (Lipinski definition) is 2. The monoisotopic (exact) mass is 261 g/mol. The van der Waals surface area contributed by atoms with Crippen molar-refractivity contribution in [2.45, 2.75) is 31.3 Å². The van der Waals surface area contributed by atoms with Crippen molar-refractivity contribution in [3.8, 4) is 0 Å². The Hall–Kier alpha value is -0.490. The van der Waals surface area contributed by atoms with Gasteiger partial charge in [0.05, 0.1) is 12.0 Å². The van der Waals surface area contributed by atoms with Crippen LogP contribution in [0.25, 0.3) is 0 Å². The Bertz CT molecular complexity index is 211. The van der Waals surface area contributed by atoms with Crippen LogP contribution in [0.1, 0.15) is 19.8 Å². The predicted octanol–water partition coefficient (Wildman–Crippen LogP) is 2.09. The number of nitrogens with one attached hydrogen (secondary N) is 1. The van der Waals surface area contributed by atoms with Crippen molar-refractivity contribution < 1.29 is 22.7 Å². The molecule has 0 fully saturated rings. The lowest BCUT2D eigenvalue weighted by atomic mass is 10.3. The first-order valence-electron chi connectivity index (χ1n) is 4.90. The Morgan fingerprint density at radius 2 is 2.12 bits per heavy atom. The zero-order chi connectivity index (χ0) is 12.6. The highest BCUT2D eigenvalue weighted by Gasteiger charge is 2.27. The second-order valence-electron chi connectivity index (χ2n) is 3.23. The second-order valence-corrected chi connectivity index (χ2v) is 3.84. The molecule has 0 saturated carbocycles. The molecule has 1 unspecified atom stereocenters. The van der Waals surface area contributed by atoms with Gasteiger partial charge in [0.1, 0.15) is 6.61 Å². The number of ether oxygens (including phenoxy) is 1. The molecule has 0 spiro atoms. The van der Waals surface area contributed by atoms with Gasteiger partial charge in [-0.3, -0.25) is 4.79 Å². The van der Waals surface area contributed by atoms with E-state index < -0.39 is 12.8 Å². The summed E-state index contributed by atoms with van der Waals surface area (Å²) < 4.78 is 39.2. The Kier molecular flexibility index (Phi) is 7.49. The van der Waals surface area contributed by atoms with Crippen LogP contribution in [0.2, 0.25) is 0 Å². The molecule has 3 nitrogen and oxygen atoms in total. The van der Waals surface area contributed by atoms with Crippen LogP contribution in [0.3, 0.4) is 0 Å². The topological polar surface area (TPSA) is 38.3 Å². The average Bonchev–Trinajstić information content (AvgIpc) is 2.19. The maximum atomic E-state index is 11.6. The third-order valence-corrected chi connectivity index (χ3v) is 2.17. The van der Waals surface area contributed by atoms with Crippen LogP contribution in [-0.2, 0) is 9.53 Å². The van der Waals surface area contributed by atoms with Crippen LogP contribution in [-0.4, -0.2) is 37.2 Å². The first-order chi connectivity index (χ1) is 7.35. The number of rotatable bonds is 7. The van der Waals surface area contributed by atoms with Gasteiger partial charge in [-0.25, -0.2) is 0 Å². The quantitative estimate of drug-likeness (QED) is 0.563. The molecule has 0 aromatic heterocycles. The number of amides is 1. The van der Waals surface area contributed by atoms with E-state index in [0.717, 1.165) is 0 Å². The van der Waals surface area contributed by atoms with Gasteiger partial charge in [0.15, 0.2) is 0 Å². The van der Waals surface area contributed by atoms with Gasteiger partial charge in [0.2, 0.25) is 5.91 Å². The van der Waals surface area contributed by atoms with Crippen LogP contribution >= 0.6 is 11.6 Å². The minimum Gasteiger partial charge on any atom is -0.372 e. The summed E-state index contributed by atoms with van der Waals surface area (Å²) in [4.78, 5) is 11.1. The molecule has 0 aromatic carbocycles. The van der Waals surface area contributed by atoms with Crippen molar-refractivity contribution in [2.24, 2.45) is 0 Å². The van der Waals surface area contributed by atoms with E-state index in [0.29, 0.717) is 13.0 Å². The number of carbonyl (C=O) groups excluding carboxylic acids is 1. The molecular weight excluding hydrogens is 247 g/mol. The van der Waals surface area contributed by atoms with E-state index in [2.05, 4.69) is 10.1 Å². The molecule has 7 heteroatoms. The summed E-state index contributed by atoms with van der Waals surface area (Å²) in [6.07, 6.45) is -3.73. The lowest BCUT2D eigenvalue weighted by molar-refractivity contribution is -0.174. The summed E-state index contributed by atoms with van der Waals surface area (Å²) in [5.41, 5.74) is 0. The number of carbonyl (C=O) groups is 1. The molecule has 0 aliphatic heterocycles. The maximum Gasteiger partial charge on any atom is 0.411 e. The van der Waals surface area contributed by atoms with Crippen molar-refractivity contribution in [1.29, 1.82) is 0 Å². The first kappa shape index (κ1) is 15.5. The lowest BCUT2D eigenvalue weighted by Crippen LogP contribution is -2.30. The molecule has 16 heavy (non-hydrogen) atoms. The van der Waals surface area contributed by atoms with E-state index in [-0.39, 0.29) is 24.3 Å². The number of alkyl halides is 4. The van der Waals surface area contributed by atoms with Crippen molar-refractivity contribution in [2.75, 3.05) is 19.8 Å². The van der Waals surface area contributed by atoms with Crippen LogP contribution in [0.4, 0.5) is 13.2 Å². The van der Waals surface area contributed by atoms with E-state index in [4.69, 9.17) is 11.6 Å². The van der Waals surface area contributed by atoms with E-state index in [1.807, 2.05) is 6.92 Å². The van der Waals surface area contributed by atoms with Gasteiger partial charge in [-0.1, -0.05) is 6.92 Å². The largest absolute Gasteiger partial charge is 0.411 e. The molecule has 0 radical (unpaired) electrons. The maximum absolute atomic E-state index is 11.6. The fourth-order valence-electron chi connectivity index (χ4n) is 0.810. The van der Waals surface area contributed by atoms with Gasteiger partial charge in [-0.05, 0) is 6.42 Å². The third-order valence-electron chi connectivity index (χ3n) is 1.70. The Morgan fingerprint density at radius 1 is 1.50 bits per heavy atom. The molecule has 0 aliphatic carbocycles. The molecule has 1 N–H and O–H groups in total. The highest BCUT2D eigenvalue weighted by atomic mass is 35.5. The zero-order valence-electron chi connectivity index (χ0n) is 8.94. The third kappa shape index (κ3) is 10.0. The molecule has 0 aromatic rings. The molecule has 0 aliphatic rings. The minimum atomic E-state index is -4.35. The zero-order valence-corrected chi connectivity index (χ0v) is 9.70. The van der Waals surface area contributed by atoms with E-state index >= 15 is 0 Å². The molecule has 0 heterocycles. The Labute approximate surface area is 97.3 Å². The van der Waals surface area contributed by atoms with Gasteiger partial charge in [0.25, 0.3) is 0 Å². The Morgan fingerprint density at radius 3 is 2.62 bits per heavy atom. The first-order valence-corrected chi connectivity index (χ1v) is 5.34. The molecule has 1 atom stereocenters. The highest BCUT2D eigenvalue weighted by Crippen LogP contribution is 2.14. The molecule has 0 saturated heterocycles. The van der Waals surface area contributed by atoms with Gasteiger partial charge in [-0.2, -0.15) is 13.2 Å². The second kappa shape index (κ2) is 7.73. The lowest BCUT2D eigenvalue weighted by Gasteiger charge is -2.09. The summed E-state index contributed by atoms with van der Waals surface area (Å²) in [7, 11) is 0. The Balaban J connectivity index is 3.44. The molecule has 0 bridgehead atoms.